The Morgan fingerprint density at radius 1 is 1.25 bits per heavy atom. The Morgan fingerprint density at radius 2 is 1.95 bits per heavy atom. The van der Waals surface area contributed by atoms with Crippen LogP contribution in [0.4, 0.5) is 5.82 Å². The van der Waals surface area contributed by atoms with Gasteiger partial charge in [-0.3, -0.25) is 4.79 Å². The summed E-state index contributed by atoms with van der Waals surface area (Å²) in [5, 5.41) is 2.78. The number of benzene rings is 1. The average molecular weight is 288 g/mol. The van der Waals surface area contributed by atoms with E-state index in [9.17, 15) is 4.79 Å². The summed E-state index contributed by atoms with van der Waals surface area (Å²) < 4.78 is 0. The molecule has 0 radical (unpaired) electrons. The highest BCUT2D eigenvalue weighted by molar-refractivity contribution is 7.99. The van der Waals surface area contributed by atoms with Crippen LogP contribution < -0.4 is 11.1 Å². The van der Waals surface area contributed by atoms with E-state index in [1.807, 2.05) is 0 Å². The third-order valence-electron chi connectivity index (χ3n) is 2.62. The van der Waals surface area contributed by atoms with Gasteiger partial charge >= 0.3 is 0 Å². The Morgan fingerprint density at radius 3 is 2.65 bits per heavy atom. The first kappa shape index (κ1) is 14.3. The number of aryl methyl sites for hydroxylation is 1. The van der Waals surface area contributed by atoms with Gasteiger partial charge in [0.1, 0.15) is 0 Å². The molecule has 1 amide bonds. The molecule has 0 aliphatic rings. The third kappa shape index (κ3) is 3.96. The molecule has 0 unspecified atom stereocenters. The zero-order valence-electron chi connectivity index (χ0n) is 11.2. The Kier molecular flexibility index (Phi) is 4.95. The predicted octanol–water partition coefficient (Wildman–Crippen LogP) is 1.89. The normalized spacial score (nSPS) is 10.2. The van der Waals surface area contributed by atoms with Crippen molar-refractivity contribution in [2.24, 2.45) is 0 Å². The second-order valence-corrected chi connectivity index (χ2v) is 5.38. The van der Waals surface area contributed by atoms with E-state index in [1.165, 1.54) is 22.9 Å². The number of carbonyl (C=O) groups excluding carboxylic acids is 1. The van der Waals surface area contributed by atoms with E-state index >= 15 is 0 Å². The van der Waals surface area contributed by atoms with Crippen molar-refractivity contribution in [2.45, 2.75) is 11.8 Å². The molecular weight excluding hydrogens is 272 g/mol. The molecule has 0 aliphatic heterocycles. The standard InChI is InChI=1S/C14H16N4OS/c1-10-2-4-11(5-3-10)20-9-8-18-14(19)12-13(15)17-7-6-16-12/h2-7H,8-9H2,1H3,(H2,15,17)(H,18,19). The number of hydrogen-bond donors (Lipinski definition) is 2. The van der Waals surface area contributed by atoms with Gasteiger partial charge in [0.15, 0.2) is 11.5 Å². The van der Waals surface area contributed by atoms with Gasteiger partial charge in [-0.1, -0.05) is 17.7 Å². The molecule has 1 heterocycles. The Hall–Kier alpha value is -2.08. The molecule has 6 heteroatoms. The lowest BCUT2D eigenvalue weighted by Gasteiger charge is -2.06. The summed E-state index contributed by atoms with van der Waals surface area (Å²) in [6.45, 7) is 2.60. The molecule has 3 N–H and O–H groups in total. The molecule has 2 rings (SSSR count). The lowest BCUT2D eigenvalue weighted by Crippen LogP contribution is -2.27. The van der Waals surface area contributed by atoms with Crippen LogP contribution in [-0.4, -0.2) is 28.2 Å². The molecule has 20 heavy (non-hydrogen) atoms. The van der Waals surface area contributed by atoms with Crippen LogP contribution in [0.2, 0.25) is 0 Å². The van der Waals surface area contributed by atoms with Crippen LogP contribution in [0.5, 0.6) is 0 Å². The number of nitrogens with zero attached hydrogens (tertiary/aromatic N) is 2. The monoisotopic (exact) mass is 288 g/mol. The maximum atomic E-state index is 11.8. The molecule has 1 aromatic heterocycles. The minimum Gasteiger partial charge on any atom is -0.382 e. The van der Waals surface area contributed by atoms with Crippen LogP contribution >= 0.6 is 11.8 Å². The summed E-state index contributed by atoms with van der Waals surface area (Å²) in [5.41, 5.74) is 7.00. The number of carbonyl (C=O) groups is 1. The fourth-order valence-electron chi connectivity index (χ4n) is 1.58. The molecule has 0 saturated heterocycles. The number of nitrogen functional groups attached to an aromatic ring is 1. The number of amides is 1. The van der Waals surface area contributed by atoms with Crippen molar-refractivity contribution in [3.05, 3.63) is 47.9 Å². The van der Waals surface area contributed by atoms with Gasteiger partial charge < -0.3 is 11.1 Å². The number of nitrogens with two attached hydrogens (primary N) is 1. The lowest BCUT2D eigenvalue weighted by molar-refractivity contribution is 0.0952. The van der Waals surface area contributed by atoms with Crippen LogP contribution in [0.3, 0.4) is 0 Å². The van der Waals surface area contributed by atoms with Crippen molar-refractivity contribution >= 4 is 23.5 Å². The number of hydrogen-bond acceptors (Lipinski definition) is 5. The average Bonchev–Trinajstić information content (AvgIpc) is 2.46. The van der Waals surface area contributed by atoms with Crippen molar-refractivity contribution in [1.29, 1.82) is 0 Å². The highest BCUT2D eigenvalue weighted by Crippen LogP contribution is 2.17. The minimum atomic E-state index is -0.292. The fourth-order valence-corrected chi connectivity index (χ4v) is 2.34. The molecular formula is C14H16N4OS. The predicted molar refractivity (Wildman–Crippen MR) is 80.7 cm³/mol. The molecule has 2 aromatic rings. The van der Waals surface area contributed by atoms with Gasteiger partial charge in [-0.2, -0.15) is 0 Å². The van der Waals surface area contributed by atoms with Gasteiger partial charge in [0.2, 0.25) is 0 Å². The molecule has 0 aliphatic carbocycles. The summed E-state index contributed by atoms with van der Waals surface area (Å²) in [6, 6.07) is 8.29. The number of nitrogens with one attached hydrogen (secondary N) is 1. The van der Waals surface area contributed by atoms with Crippen LogP contribution in [0.25, 0.3) is 0 Å². The van der Waals surface area contributed by atoms with Crippen LogP contribution in [0.15, 0.2) is 41.6 Å². The first-order chi connectivity index (χ1) is 9.66. The second kappa shape index (κ2) is 6.91. The maximum Gasteiger partial charge on any atom is 0.273 e. The van der Waals surface area contributed by atoms with Crippen LogP contribution in [0, 0.1) is 6.92 Å². The van der Waals surface area contributed by atoms with Crippen molar-refractivity contribution in [3.63, 3.8) is 0 Å². The SMILES string of the molecule is Cc1ccc(SCCNC(=O)c2nccnc2N)cc1. The maximum absolute atomic E-state index is 11.8. The van der Waals surface area contributed by atoms with Gasteiger partial charge in [-0.15, -0.1) is 11.8 Å². The molecule has 0 saturated carbocycles. The summed E-state index contributed by atoms with van der Waals surface area (Å²) in [6.07, 6.45) is 2.91. The first-order valence-electron chi connectivity index (χ1n) is 6.21. The summed E-state index contributed by atoms with van der Waals surface area (Å²) >= 11 is 1.69. The Balaban J connectivity index is 1.77. The van der Waals surface area contributed by atoms with E-state index in [0.29, 0.717) is 6.54 Å². The zero-order valence-corrected chi connectivity index (χ0v) is 12.0. The number of thioether (sulfide) groups is 1. The van der Waals surface area contributed by atoms with E-state index in [4.69, 9.17) is 5.73 Å². The minimum absolute atomic E-state index is 0.149. The first-order valence-corrected chi connectivity index (χ1v) is 7.19. The summed E-state index contributed by atoms with van der Waals surface area (Å²) in [5.74, 6) is 0.644. The lowest BCUT2D eigenvalue weighted by atomic mass is 10.2. The van der Waals surface area contributed by atoms with Gasteiger partial charge in [-0.25, -0.2) is 9.97 Å². The van der Waals surface area contributed by atoms with Gasteiger partial charge in [0.25, 0.3) is 5.91 Å². The summed E-state index contributed by atoms with van der Waals surface area (Å²) in [4.78, 5) is 20.8. The molecule has 0 bridgehead atoms. The topological polar surface area (TPSA) is 80.9 Å². The molecule has 5 nitrogen and oxygen atoms in total. The zero-order chi connectivity index (χ0) is 14.4. The van der Waals surface area contributed by atoms with Crippen molar-refractivity contribution in [1.82, 2.24) is 15.3 Å². The number of anilines is 1. The van der Waals surface area contributed by atoms with E-state index < -0.39 is 0 Å². The Bertz CT molecular complexity index is 586. The van der Waals surface area contributed by atoms with Crippen molar-refractivity contribution in [2.75, 3.05) is 18.0 Å². The van der Waals surface area contributed by atoms with Crippen molar-refractivity contribution < 1.29 is 4.79 Å². The quantitative estimate of drug-likeness (QED) is 0.648. The molecule has 1 aromatic carbocycles. The van der Waals surface area contributed by atoms with Crippen LogP contribution in [0.1, 0.15) is 16.1 Å². The van der Waals surface area contributed by atoms with Crippen LogP contribution in [-0.2, 0) is 0 Å². The highest BCUT2D eigenvalue weighted by atomic mass is 32.2. The van der Waals surface area contributed by atoms with E-state index in [-0.39, 0.29) is 17.4 Å². The van der Waals surface area contributed by atoms with Gasteiger partial charge in [0, 0.05) is 29.6 Å². The number of aromatic nitrogens is 2. The van der Waals surface area contributed by atoms with E-state index in [1.54, 1.807) is 11.8 Å². The fraction of sp³-hybridized carbons (Fsp3) is 0.214. The highest BCUT2D eigenvalue weighted by Gasteiger charge is 2.10. The third-order valence-corrected chi connectivity index (χ3v) is 3.63. The molecule has 0 spiro atoms. The largest absolute Gasteiger partial charge is 0.382 e. The number of rotatable bonds is 5. The smallest absolute Gasteiger partial charge is 0.273 e. The summed E-state index contributed by atoms with van der Waals surface area (Å²) in [7, 11) is 0. The van der Waals surface area contributed by atoms with Crippen molar-refractivity contribution in [3.8, 4) is 0 Å². The molecule has 0 fully saturated rings. The Labute approximate surface area is 122 Å². The van der Waals surface area contributed by atoms with E-state index in [2.05, 4.69) is 46.5 Å². The molecule has 0 atom stereocenters. The second-order valence-electron chi connectivity index (χ2n) is 4.21. The van der Waals surface area contributed by atoms with E-state index in [0.717, 1.165) is 5.75 Å². The van der Waals surface area contributed by atoms with Gasteiger partial charge in [0.05, 0.1) is 0 Å². The van der Waals surface area contributed by atoms with Gasteiger partial charge in [-0.05, 0) is 19.1 Å². The molecule has 104 valence electrons.